The van der Waals surface area contributed by atoms with E-state index >= 15 is 0 Å². The third kappa shape index (κ3) is 4.71. The van der Waals surface area contributed by atoms with Gasteiger partial charge >= 0.3 is 18.1 Å². The van der Waals surface area contributed by atoms with Gasteiger partial charge in [-0.3, -0.25) is 0 Å². The first kappa shape index (κ1) is 17.8. The van der Waals surface area contributed by atoms with Gasteiger partial charge in [0.25, 0.3) is 0 Å². The zero-order valence-corrected chi connectivity index (χ0v) is 13.1. The van der Waals surface area contributed by atoms with Gasteiger partial charge in [-0.25, -0.2) is 4.79 Å². The summed E-state index contributed by atoms with van der Waals surface area (Å²) in [5, 5.41) is 8.78. The van der Waals surface area contributed by atoms with Gasteiger partial charge in [0.1, 0.15) is 0 Å². The molecule has 0 spiro atoms. The first-order valence-electron chi connectivity index (χ1n) is 7.34. The van der Waals surface area contributed by atoms with Crippen molar-refractivity contribution in [2.24, 2.45) is 0 Å². The van der Waals surface area contributed by atoms with Crippen molar-refractivity contribution in [1.82, 2.24) is 20.8 Å². The third-order valence-electron chi connectivity index (χ3n) is 3.32. The average Bonchev–Trinajstić information content (AvgIpc) is 3.03. The lowest BCUT2D eigenvalue weighted by atomic mass is 10.1. The van der Waals surface area contributed by atoms with Gasteiger partial charge in [-0.2, -0.15) is 18.2 Å². The monoisotopic (exact) mass is 342 g/mol. The predicted molar refractivity (Wildman–Crippen MR) is 79.9 cm³/mol. The number of benzene rings is 1. The van der Waals surface area contributed by atoms with Crippen molar-refractivity contribution in [2.45, 2.75) is 39.0 Å². The molecule has 1 aromatic heterocycles. The van der Waals surface area contributed by atoms with Crippen LogP contribution in [0.15, 0.2) is 28.8 Å². The highest BCUT2D eigenvalue weighted by atomic mass is 19.4. The molecule has 130 valence electrons. The molecule has 0 saturated heterocycles. The molecule has 2 rings (SSSR count). The topological polar surface area (TPSA) is 80.0 Å². The summed E-state index contributed by atoms with van der Waals surface area (Å²) in [7, 11) is 0. The van der Waals surface area contributed by atoms with Crippen molar-refractivity contribution < 1.29 is 22.5 Å². The Morgan fingerprint density at radius 1 is 1.29 bits per heavy atom. The summed E-state index contributed by atoms with van der Waals surface area (Å²) in [6.07, 6.45) is -3.84. The lowest BCUT2D eigenvalue weighted by Crippen LogP contribution is -2.40. The molecule has 0 fully saturated rings. The minimum atomic E-state index is -4.67. The SMILES string of the molecule is CCC(C)NC(=O)NCc1ccc(-c2noc(C(F)(F)F)n2)cc1. The first-order valence-corrected chi connectivity index (χ1v) is 7.34. The standard InChI is InChI=1S/C15H17F3N4O2/c1-3-9(2)20-14(23)19-8-10-4-6-11(7-5-10)12-21-13(24-22-12)15(16,17)18/h4-7,9H,3,8H2,1-2H3,(H2,19,20,23). The second kappa shape index (κ2) is 7.33. The van der Waals surface area contributed by atoms with Crippen molar-refractivity contribution >= 4 is 6.03 Å². The molecular formula is C15H17F3N4O2. The van der Waals surface area contributed by atoms with Crippen LogP contribution < -0.4 is 10.6 Å². The number of rotatable bonds is 5. The Hall–Kier alpha value is -2.58. The number of hydrogen-bond acceptors (Lipinski definition) is 4. The van der Waals surface area contributed by atoms with E-state index in [1.54, 1.807) is 24.3 Å². The minimum Gasteiger partial charge on any atom is -0.336 e. The Morgan fingerprint density at radius 2 is 1.96 bits per heavy atom. The number of halogens is 3. The Balaban J connectivity index is 1.96. The summed E-state index contributed by atoms with van der Waals surface area (Å²) < 4.78 is 41.5. The zero-order chi connectivity index (χ0) is 17.7. The second-order valence-electron chi connectivity index (χ2n) is 5.25. The van der Waals surface area contributed by atoms with E-state index in [4.69, 9.17) is 0 Å². The fourth-order valence-electron chi connectivity index (χ4n) is 1.79. The van der Waals surface area contributed by atoms with E-state index in [1.165, 1.54) is 0 Å². The van der Waals surface area contributed by atoms with E-state index in [1.807, 2.05) is 13.8 Å². The van der Waals surface area contributed by atoms with Crippen molar-refractivity contribution in [3.63, 3.8) is 0 Å². The van der Waals surface area contributed by atoms with Gasteiger partial charge in [-0.1, -0.05) is 36.3 Å². The molecule has 2 aromatic rings. The second-order valence-corrected chi connectivity index (χ2v) is 5.25. The van der Waals surface area contributed by atoms with Crippen LogP contribution in [-0.2, 0) is 12.7 Å². The van der Waals surface area contributed by atoms with Crippen molar-refractivity contribution in [1.29, 1.82) is 0 Å². The molecular weight excluding hydrogens is 325 g/mol. The molecule has 0 saturated carbocycles. The molecule has 1 aromatic carbocycles. The van der Waals surface area contributed by atoms with E-state index < -0.39 is 12.1 Å². The maximum absolute atomic E-state index is 12.4. The van der Waals surface area contributed by atoms with Gasteiger partial charge < -0.3 is 15.2 Å². The van der Waals surface area contributed by atoms with Crippen LogP contribution in [0.2, 0.25) is 0 Å². The molecule has 1 unspecified atom stereocenters. The maximum atomic E-state index is 12.4. The summed E-state index contributed by atoms with van der Waals surface area (Å²) in [5.41, 5.74) is 1.18. The highest BCUT2D eigenvalue weighted by Crippen LogP contribution is 2.29. The minimum absolute atomic E-state index is 0.0773. The first-order chi connectivity index (χ1) is 11.3. The molecule has 2 N–H and O–H groups in total. The third-order valence-corrected chi connectivity index (χ3v) is 3.32. The molecule has 9 heteroatoms. The van der Waals surface area contributed by atoms with E-state index in [2.05, 4.69) is 25.3 Å². The van der Waals surface area contributed by atoms with Crippen LogP contribution in [-0.4, -0.2) is 22.2 Å². The lowest BCUT2D eigenvalue weighted by Gasteiger charge is -2.12. The number of nitrogens with zero attached hydrogens (tertiary/aromatic N) is 2. The van der Waals surface area contributed by atoms with Crippen LogP contribution in [0.25, 0.3) is 11.4 Å². The molecule has 0 aliphatic carbocycles. The molecule has 6 nitrogen and oxygen atoms in total. The van der Waals surface area contributed by atoms with Gasteiger partial charge in [0.05, 0.1) is 0 Å². The fraction of sp³-hybridized carbons (Fsp3) is 0.400. The number of carbonyl (C=O) groups is 1. The lowest BCUT2D eigenvalue weighted by molar-refractivity contribution is -0.159. The number of carbonyl (C=O) groups excluding carboxylic acids is 1. The van der Waals surface area contributed by atoms with Gasteiger partial charge in [-0.15, -0.1) is 0 Å². The fourth-order valence-corrected chi connectivity index (χ4v) is 1.79. The average molecular weight is 342 g/mol. The van der Waals surface area contributed by atoms with Crippen molar-refractivity contribution in [3.05, 3.63) is 35.7 Å². The number of alkyl halides is 3. The Labute approximate surface area is 136 Å². The van der Waals surface area contributed by atoms with Gasteiger partial charge in [0, 0.05) is 18.2 Å². The van der Waals surface area contributed by atoms with Gasteiger partial charge in [0.2, 0.25) is 5.82 Å². The van der Waals surface area contributed by atoms with Crippen LogP contribution in [0, 0.1) is 0 Å². The molecule has 24 heavy (non-hydrogen) atoms. The summed E-state index contributed by atoms with van der Waals surface area (Å²) in [5.74, 6) is -1.53. The Kier molecular flexibility index (Phi) is 5.42. The van der Waals surface area contributed by atoms with E-state index in [-0.39, 0.29) is 17.9 Å². The Bertz CT molecular complexity index is 683. The van der Waals surface area contributed by atoms with Crippen molar-refractivity contribution in [2.75, 3.05) is 0 Å². The van der Waals surface area contributed by atoms with Crippen molar-refractivity contribution in [3.8, 4) is 11.4 Å². The molecule has 0 bridgehead atoms. The molecule has 0 radical (unpaired) electrons. The molecule has 0 aliphatic heterocycles. The molecule has 1 atom stereocenters. The van der Waals surface area contributed by atoms with Crippen LogP contribution >= 0.6 is 0 Å². The highest BCUT2D eigenvalue weighted by molar-refractivity contribution is 5.74. The summed E-state index contributed by atoms with van der Waals surface area (Å²) in [6, 6.07) is 6.27. The van der Waals surface area contributed by atoms with Crippen LogP contribution in [0.4, 0.5) is 18.0 Å². The van der Waals surface area contributed by atoms with Gasteiger partial charge in [-0.05, 0) is 18.9 Å². The number of urea groups is 1. The quantitative estimate of drug-likeness (QED) is 0.873. The summed E-state index contributed by atoms with van der Waals surface area (Å²) >= 11 is 0. The number of aromatic nitrogens is 2. The molecule has 0 aliphatic rings. The highest BCUT2D eigenvalue weighted by Gasteiger charge is 2.38. The summed E-state index contributed by atoms with van der Waals surface area (Å²) in [4.78, 5) is 14.9. The van der Waals surface area contributed by atoms with E-state index in [9.17, 15) is 18.0 Å². The van der Waals surface area contributed by atoms with Crippen LogP contribution in [0.3, 0.4) is 0 Å². The maximum Gasteiger partial charge on any atom is 0.471 e. The molecule has 1 heterocycles. The Morgan fingerprint density at radius 3 is 2.50 bits per heavy atom. The molecule has 2 amide bonds. The van der Waals surface area contributed by atoms with Gasteiger partial charge in [0.15, 0.2) is 0 Å². The zero-order valence-electron chi connectivity index (χ0n) is 13.1. The number of hydrogen-bond donors (Lipinski definition) is 2. The smallest absolute Gasteiger partial charge is 0.336 e. The van der Waals surface area contributed by atoms with E-state index in [0.29, 0.717) is 12.1 Å². The van der Waals surface area contributed by atoms with E-state index in [0.717, 1.165) is 12.0 Å². The van der Waals surface area contributed by atoms with Crippen LogP contribution in [0.5, 0.6) is 0 Å². The largest absolute Gasteiger partial charge is 0.471 e. The normalized spacial score (nSPS) is 12.7. The number of nitrogens with one attached hydrogen (secondary N) is 2. The predicted octanol–water partition coefficient (Wildman–Crippen LogP) is 3.35. The van der Waals surface area contributed by atoms with Crippen LogP contribution in [0.1, 0.15) is 31.7 Å². The summed E-state index contributed by atoms with van der Waals surface area (Å²) in [6.45, 7) is 4.16. The number of amides is 2.